The van der Waals surface area contributed by atoms with E-state index in [1.807, 2.05) is 35.2 Å². The average Bonchev–Trinajstić information content (AvgIpc) is 3.52. The van der Waals surface area contributed by atoms with Gasteiger partial charge >= 0.3 is 0 Å². The number of amides is 2. The molecule has 1 aliphatic carbocycles. The number of nitrogens with zero attached hydrogens (tertiary/aromatic N) is 2. The van der Waals surface area contributed by atoms with Crippen LogP contribution in [0.25, 0.3) is 6.08 Å². The van der Waals surface area contributed by atoms with Crippen molar-refractivity contribution in [2.24, 2.45) is 0 Å². The quantitative estimate of drug-likeness (QED) is 0.779. The molecular formula is C23H23FN2O2. The van der Waals surface area contributed by atoms with Crippen molar-refractivity contribution in [2.75, 3.05) is 0 Å². The van der Waals surface area contributed by atoms with Crippen molar-refractivity contribution in [1.29, 1.82) is 0 Å². The van der Waals surface area contributed by atoms with Gasteiger partial charge in [-0.1, -0.05) is 36.4 Å². The van der Waals surface area contributed by atoms with Gasteiger partial charge in [-0.3, -0.25) is 9.59 Å². The van der Waals surface area contributed by atoms with Crippen molar-refractivity contribution in [3.63, 3.8) is 0 Å². The van der Waals surface area contributed by atoms with E-state index in [2.05, 4.69) is 0 Å². The number of rotatable bonds is 5. The molecule has 1 atom stereocenters. The van der Waals surface area contributed by atoms with Crippen molar-refractivity contribution >= 4 is 17.9 Å². The summed E-state index contributed by atoms with van der Waals surface area (Å²) in [6.45, 7) is 1.99. The summed E-state index contributed by atoms with van der Waals surface area (Å²) in [7, 11) is 0. The molecule has 28 heavy (non-hydrogen) atoms. The van der Waals surface area contributed by atoms with Crippen LogP contribution in [0, 0.1) is 5.82 Å². The topological polar surface area (TPSA) is 40.6 Å². The van der Waals surface area contributed by atoms with Crippen LogP contribution in [0.1, 0.15) is 48.9 Å². The Bertz CT molecular complexity index is 918. The Labute approximate surface area is 164 Å². The Kier molecular flexibility index (Phi) is 4.99. The smallest absolute Gasteiger partial charge is 0.225 e. The highest BCUT2D eigenvalue weighted by atomic mass is 19.1. The fraction of sp³-hybridized carbons (Fsp3) is 0.304. The average molecular weight is 378 g/mol. The van der Waals surface area contributed by atoms with Gasteiger partial charge in [-0.05, 0) is 47.7 Å². The highest BCUT2D eigenvalue weighted by molar-refractivity contribution is 5.82. The number of fused-ring (bicyclic) bond motifs is 1. The van der Waals surface area contributed by atoms with Gasteiger partial charge in [-0.2, -0.15) is 0 Å². The minimum absolute atomic E-state index is 0.0215. The van der Waals surface area contributed by atoms with Gasteiger partial charge in [0.05, 0.1) is 12.5 Å². The van der Waals surface area contributed by atoms with E-state index >= 15 is 0 Å². The number of halogens is 1. The molecule has 144 valence electrons. The van der Waals surface area contributed by atoms with Gasteiger partial charge in [0.2, 0.25) is 11.8 Å². The zero-order valence-electron chi connectivity index (χ0n) is 15.8. The fourth-order valence-corrected chi connectivity index (χ4v) is 3.79. The van der Waals surface area contributed by atoms with Gasteiger partial charge in [0.1, 0.15) is 5.82 Å². The molecule has 2 amide bonds. The van der Waals surface area contributed by atoms with Crippen LogP contribution in [0.5, 0.6) is 0 Å². The minimum atomic E-state index is -0.305. The van der Waals surface area contributed by atoms with Gasteiger partial charge in [-0.15, -0.1) is 0 Å². The Hall–Kier alpha value is -2.95. The first-order chi connectivity index (χ1) is 13.5. The van der Waals surface area contributed by atoms with Gasteiger partial charge in [0, 0.05) is 25.7 Å². The van der Waals surface area contributed by atoms with Crippen molar-refractivity contribution in [2.45, 2.75) is 44.8 Å². The van der Waals surface area contributed by atoms with E-state index in [1.165, 1.54) is 19.1 Å². The second kappa shape index (κ2) is 7.58. The molecule has 2 aromatic rings. The van der Waals surface area contributed by atoms with E-state index in [-0.39, 0.29) is 36.1 Å². The summed E-state index contributed by atoms with van der Waals surface area (Å²) in [6.07, 6.45) is 5.90. The summed E-state index contributed by atoms with van der Waals surface area (Å²) in [6, 6.07) is 14.1. The van der Waals surface area contributed by atoms with E-state index in [0.29, 0.717) is 6.54 Å². The molecule has 1 heterocycles. The molecule has 5 heteroatoms. The molecule has 2 aromatic carbocycles. The predicted octanol–water partition coefficient (Wildman–Crippen LogP) is 4.28. The molecule has 2 aliphatic rings. The van der Waals surface area contributed by atoms with E-state index in [1.54, 1.807) is 23.2 Å². The SMILES string of the molecule is CC(=O)N1C=Cc2ccccc2C1CC(=O)N(Cc1ccc(F)cc1)C1CC1. The normalized spacial score (nSPS) is 17.9. The van der Waals surface area contributed by atoms with Crippen LogP contribution < -0.4 is 0 Å². The highest BCUT2D eigenvalue weighted by Gasteiger charge is 2.36. The molecule has 0 aromatic heterocycles. The Balaban J connectivity index is 1.56. The first kappa shape index (κ1) is 18.4. The third-order valence-electron chi connectivity index (χ3n) is 5.41. The Morgan fingerprint density at radius 2 is 1.82 bits per heavy atom. The Morgan fingerprint density at radius 1 is 1.11 bits per heavy atom. The molecule has 1 fully saturated rings. The Morgan fingerprint density at radius 3 is 2.50 bits per heavy atom. The fourth-order valence-electron chi connectivity index (χ4n) is 3.79. The lowest BCUT2D eigenvalue weighted by Gasteiger charge is -2.34. The first-order valence-electron chi connectivity index (χ1n) is 9.63. The van der Waals surface area contributed by atoms with Crippen LogP contribution in [0.3, 0.4) is 0 Å². The van der Waals surface area contributed by atoms with Gasteiger partial charge in [0.15, 0.2) is 0 Å². The lowest BCUT2D eigenvalue weighted by Crippen LogP contribution is -2.38. The molecule has 0 N–H and O–H groups in total. The highest BCUT2D eigenvalue weighted by Crippen LogP contribution is 2.35. The standard InChI is InChI=1S/C23H23FN2O2/c1-16(27)25-13-12-18-4-2-3-5-21(18)22(25)14-23(28)26(20-10-11-20)15-17-6-8-19(24)9-7-17/h2-9,12-13,20,22H,10-11,14-15H2,1H3. The third kappa shape index (κ3) is 3.84. The van der Waals surface area contributed by atoms with Crippen LogP contribution >= 0.6 is 0 Å². The van der Waals surface area contributed by atoms with Gasteiger partial charge in [-0.25, -0.2) is 4.39 Å². The van der Waals surface area contributed by atoms with Crippen LogP contribution in [-0.4, -0.2) is 27.7 Å². The summed E-state index contributed by atoms with van der Waals surface area (Å²) in [5.41, 5.74) is 2.94. The summed E-state index contributed by atoms with van der Waals surface area (Å²) < 4.78 is 13.2. The second-order valence-corrected chi connectivity index (χ2v) is 7.47. The molecule has 1 saturated carbocycles. The van der Waals surface area contributed by atoms with Crippen molar-refractivity contribution in [1.82, 2.24) is 9.80 Å². The number of carbonyl (C=O) groups excluding carboxylic acids is 2. The van der Waals surface area contributed by atoms with Crippen molar-refractivity contribution in [3.05, 3.63) is 77.2 Å². The second-order valence-electron chi connectivity index (χ2n) is 7.47. The van der Waals surface area contributed by atoms with Gasteiger partial charge < -0.3 is 9.80 Å². The van der Waals surface area contributed by atoms with Gasteiger partial charge in [0.25, 0.3) is 0 Å². The lowest BCUT2D eigenvalue weighted by molar-refractivity contribution is -0.135. The molecule has 4 rings (SSSR count). The van der Waals surface area contributed by atoms with Crippen molar-refractivity contribution < 1.29 is 14.0 Å². The van der Waals surface area contributed by atoms with E-state index in [9.17, 15) is 14.0 Å². The number of hydrogen-bond donors (Lipinski definition) is 0. The maximum atomic E-state index is 13.2. The molecule has 0 radical (unpaired) electrons. The summed E-state index contributed by atoms with van der Waals surface area (Å²) in [5, 5.41) is 0. The molecule has 1 unspecified atom stereocenters. The van der Waals surface area contributed by atoms with Crippen LogP contribution in [0.4, 0.5) is 4.39 Å². The van der Waals surface area contributed by atoms with Crippen LogP contribution in [0.2, 0.25) is 0 Å². The lowest BCUT2D eigenvalue weighted by atomic mass is 9.93. The predicted molar refractivity (Wildman–Crippen MR) is 105 cm³/mol. The summed E-state index contributed by atoms with van der Waals surface area (Å²) in [4.78, 5) is 28.9. The monoisotopic (exact) mass is 378 g/mol. The maximum absolute atomic E-state index is 13.2. The van der Waals surface area contributed by atoms with Crippen LogP contribution in [-0.2, 0) is 16.1 Å². The summed E-state index contributed by atoms with van der Waals surface area (Å²) >= 11 is 0. The molecule has 4 nitrogen and oxygen atoms in total. The largest absolute Gasteiger partial charge is 0.335 e. The molecule has 1 aliphatic heterocycles. The first-order valence-corrected chi connectivity index (χ1v) is 9.63. The third-order valence-corrected chi connectivity index (χ3v) is 5.41. The molecular weight excluding hydrogens is 355 g/mol. The van der Waals surface area contributed by atoms with E-state index in [4.69, 9.17) is 0 Å². The molecule has 0 bridgehead atoms. The molecule has 0 spiro atoms. The van der Waals surface area contributed by atoms with Crippen LogP contribution in [0.15, 0.2) is 54.7 Å². The number of carbonyl (C=O) groups is 2. The maximum Gasteiger partial charge on any atom is 0.225 e. The number of benzene rings is 2. The van der Waals surface area contributed by atoms with E-state index in [0.717, 1.165) is 29.5 Å². The van der Waals surface area contributed by atoms with Crippen molar-refractivity contribution in [3.8, 4) is 0 Å². The minimum Gasteiger partial charge on any atom is -0.335 e. The van der Waals surface area contributed by atoms with E-state index < -0.39 is 0 Å². The molecule has 0 saturated heterocycles. The number of hydrogen-bond acceptors (Lipinski definition) is 2. The summed E-state index contributed by atoms with van der Waals surface area (Å²) in [5.74, 6) is -0.344. The zero-order chi connectivity index (χ0) is 19.7. The zero-order valence-corrected chi connectivity index (χ0v) is 15.8.